The Morgan fingerprint density at radius 1 is 1.18 bits per heavy atom. The Balaban J connectivity index is 1.62. The minimum Gasteiger partial charge on any atom is -0.385 e. The van der Waals surface area contributed by atoms with Gasteiger partial charge in [-0.2, -0.15) is 0 Å². The average molecular weight is 483 g/mol. The van der Waals surface area contributed by atoms with Crippen molar-refractivity contribution in [1.82, 2.24) is 14.5 Å². The van der Waals surface area contributed by atoms with Crippen LogP contribution in [0.4, 0.5) is 5.69 Å². The van der Waals surface area contributed by atoms with E-state index in [0.29, 0.717) is 46.3 Å². The average Bonchev–Trinajstić information content (AvgIpc) is 2.81. The second-order valence-electron chi connectivity index (χ2n) is 7.48. The number of nitrogens with zero attached hydrogens (tertiary/aromatic N) is 3. The Hall–Kier alpha value is -2.94. The smallest absolute Gasteiger partial charge is 0.262 e. The molecule has 0 bridgehead atoms. The molecule has 4 aromatic rings. The lowest BCUT2D eigenvalue weighted by atomic mass is 10.2. The van der Waals surface area contributed by atoms with Crippen molar-refractivity contribution in [3.63, 3.8) is 0 Å². The lowest BCUT2D eigenvalue weighted by Crippen LogP contribution is -2.27. The van der Waals surface area contributed by atoms with Crippen LogP contribution in [0.15, 0.2) is 64.7 Å². The number of carbonyl (C=O) groups excluding carboxylic acids is 1. The maximum absolute atomic E-state index is 13.2. The Labute approximate surface area is 200 Å². The van der Waals surface area contributed by atoms with Gasteiger partial charge in [0.2, 0.25) is 5.91 Å². The molecule has 2 heterocycles. The van der Waals surface area contributed by atoms with Gasteiger partial charge in [-0.3, -0.25) is 19.1 Å². The first-order valence-corrected chi connectivity index (χ1v) is 11.7. The Morgan fingerprint density at radius 2 is 2.03 bits per heavy atom. The number of anilines is 1. The van der Waals surface area contributed by atoms with Crippen LogP contribution in [-0.4, -0.2) is 39.4 Å². The molecule has 0 aliphatic carbocycles. The van der Waals surface area contributed by atoms with E-state index in [4.69, 9.17) is 16.3 Å². The molecule has 7 nitrogen and oxygen atoms in total. The first-order chi connectivity index (χ1) is 16.0. The maximum Gasteiger partial charge on any atom is 0.262 e. The molecular weight excluding hydrogens is 460 g/mol. The molecule has 0 saturated heterocycles. The fourth-order valence-electron chi connectivity index (χ4n) is 3.49. The monoisotopic (exact) mass is 482 g/mol. The van der Waals surface area contributed by atoms with Crippen LogP contribution in [0.25, 0.3) is 21.8 Å². The lowest BCUT2D eigenvalue weighted by molar-refractivity contribution is -0.115. The van der Waals surface area contributed by atoms with Crippen LogP contribution in [0, 0.1) is 0 Å². The summed E-state index contributed by atoms with van der Waals surface area (Å²) in [6.07, 6.45) is 2.36. The zero-order valence-corrected chi connectivity index (χ0v) is 19.8. The third-order valence-corrected chi connectivity index (χ3v) is 6.49. The zero-order chi connectivity index (χ0) is 23.4. The molecule has 0 spiro atoms. The quantitative estimate of drug-likeness (QED) is 0.221. The van der Waals surface area contributed by atoms with Crippen LogP contribution in [0.2, 0.25) is 5.02 Å². The van der Waals surface area contributed by atoms with Crippen LogP contribution in [0.5, 0.6) is 0 Å². The van der Waals surface area contributed by atoms with Crippen LogP contribution < -0.4 is 10.9 Å². The molecule has 1 amide bonds. The van der Waals surface area contributed by atoms with Crippen LogP contribution in [0.3, 0.4) is 0 Å². The molecule has 1 atom stereocenters. The summed E-state index contributed by atoms with van der Waals surface area (Å²) < 4.78 is 6.74. The summed E-state index contributed by atoms with van der Waals surface area (Å²) in [4.78, 5) is 35.2. The molecule has 4 rings (SSSR count). The molecule has 33 heavy (non-hydrogen) atoms. The summed E-state index contributed by atoms with van der Waals surface area (Å²) in [7, 11) is 1.62. The summed E-state index contributed by atoms with van der Waals surface area (Å²) >= 11 is 7.35. The van der Waals surface area contributed by atoms with Gasteiger partial charge in [0.15, 0.2) is 5.16 Å². The highest BCUT2D eigenvalue weighted by Crippen LogP contribution is 2.27. The van der Waals surface area contributed by atoms with Crippen molar-refractivity contribution >= 4 is 56.8 Å². The summed E-state index contributed by atoms with van der Waals surface area (Å²) in [5.41, 5.74) is 1.83. The van der Waals surface area contributed by atoms with E-state index in [1.807, 2.05) is 30.3 Å². The number of nitrogens with one attached hydrogen (secondary N) is 1. The molecule has 0 aliphatic heterocycles. The summed E-state index contributed by atoms with van der Waals surface area (Å²) in [6, 6.07) is 14.4. The van der Waals surface area contributed by atoms with Crippen molar-refractivity contribution in [1.29, 1.82) is 0 Å². The number of carbonyl (C=O) groups is 1. The number of hydrogen-bond donors (Lipinski definition) is 1. The molecule has 0 aliphatic rings. The topological polar surface area (TPSA) is 86.1 Å². The molecule has 2 aromatic carbocycles. The van der Waals surface area contributed by atoms with Gasteiger partial charge in [-0.25, -0.2) is 4.98 Å². The molecule has 9 heteroatoms. The Morgan fingerprint density at radius 3 is 2.85 bits per heavy atom. The molecule has 1 unspecified atom stereocenters. The van der Waals surface area contributed by atoms with Gasteiger partial charge in [0, 0.05) is 36.9 Å². The van der Waals surface area contributed by atoms with Crippen LogP contribution in [0.1, 0.15) is 13.3 Å². The number of halogens is 1. The molecule has 1 N–H and O–H groups in total. The number of methoxy groups -OCH3 is 1. The summed E-state index contributed by atoms with van der Waals surface area (Å²) in [5, 5.41) is 4.79. The first kappa shape index (κ1) is 23.2. The normalized spacial score (nSPS) is 12.2. The lowest BCUT2D eigenvalue weighted by Gasteiger charge is -2.17. The number of pyridine rings is 1. The highest BCUT2D eigenvalue weighted by molar-refractivity contribution is 8.00. The van der Waals surface area contributed by atoms with Crippen LogP contribution >= 0.6 is 23.4 Å². The number of amides is 1. The van der Waals surface area contributed by atoms with E-state index in [-0.39, 0.29) is 11.5 Å². The predicted molar refractivity (Wildman–Crippen MR) is 133 cm³/mol. The van der Waals surface area contributed by atoms with Gasteiger partial charge >= 0.3 is 0 Å². The van der Waals surface area contributed by atoms with Crippen molar-refractivity contribution in [2.75, 3.05) is 19.0 Å². The van der Waals surface area contributed by atoms with Gasteiger partial charge in [0.05, 0.1) is 27.4 Å². The van der Waals surface area contributed by atoms with Gasteiger partial charge < -0.3 is 10.1 Å². The van der Waals surface area contributed by atoms with Crippen molar-refractivity contribution in [3.8, 4) is 0 Å². The van der Waals surface area contributed by atoms with E-state index in [9.17, 15) is 9.59 Å². The van der Waals surface area contributed by atoms with E-state index in [1.165, 1.54) is 11.8 Å². The maximum atomic E-state index is 13.2. The number of hydrogen-bond acceptors (Lipinski definition) is 6. The highest BCUT2D eigenvalue weighted by atomic mass is 35.5. The molecular formula is C24H23ClN4O3S. The SMILES string of the molecule is COCCCn1c(SC(C)C(=O)Nc2cccc3ncccc23)nc2cc(Cl)ccc2c1=O. The van der Waals surface area contributed by atoms with Gasteiger partial charge in [0.1, 0.15) is 0 Å². The van der Waals surface area contributed by atoms with E-state index in [0.717, 1.165) is 10.9 Å². The van der Waals surface area contributed by atoms with E-state index < -0.39 is 5.25 Å². The van der Waals surface area contributed by atoms with Crippen molar-refractivity contribution in [2.24, 2.45) is 0 Å². The Bertz CT molecular complexity index is 1370. The molecule has 0 saturated carbocycles. The number of fused-ring (bicyclic) bond motifs is 2. The van der Waals surface area contributed by atoms with E-state index >= 15 is 0 Å². The number of ether oxygens (including phenoxy) is 1. The number of benzene rings is 2. The summed E-state index contributed by atoms with van der Waals surface area (Å²) in [6.45, 7) is 2.74. The third-order valence-electron chi connectivity index (χ3n) is 5.17. The Kier molecular flexibility index (Phi) is 7.27. The minimum absolute atomic E-state index is 0.164. The first-order valence-electron chi connectivity index (χ1n) is 10.5. The second kappa shape index (κ2) is 10.3. The fraction of sp³-hybridized carbons (Fsp3) is 0.250. The van der Waals surface area contributed by atoms with Gasteiger partial charge in [-0.05, 0) is 55.8 Å². The number of thioether (sulfide) groups is 1. The van der Waals surface area contributed by atoms with E-state index in [1.54, 1.807) is 43.0 Å². The third kappa shape index (κ3) is 5.19. The standard InChI is InChI=1S/C24H23ClN4O3S/c1-15(22(30)27-20-8-3-7-19-17(20)6-4-11-26-19)33-24-28-21-14-16(25)9-10-18(21)23(31)29(24)12-5-13-32-2/h3-4,6-11,14-15H,5,12-13H2,1-2H3,(H,27,30). The number of aromatic nitrogens is 3. The largest absolute Gasteiger partial charge is 0.385 e. The minimum atomic E-state index is -0.505. The van der Waals surface area contributed by atoms with Crippen molar-refractivity contribution in [3.05, 3.63) is 70.1 Å². The second-order valence-corrected chi connectivity index (χ2v) is 9.23. The van der Waals surface area contributed by atoms with E-state index in [2.05, 4.69) is 15.3 Å². The predicted octanol–water partition coefficient (Wildman–Crippen LogP) is 4.75. The van der Waals surface area contributed by atoms with Crippen molar-refractivity contribution < 1.29 is 9.53 Å². The molecule has 0 fully saturated rings. The zero-order valence-electron chi connectivity index (χ0n) is 18.2. The molecule has 170 valence electrons. The van der Waals surface area contributed by atoms with Crippen LogP contribution in [-0.2, 0) is 16.1 Å². The summed E-state index contributed by atoms with van der Waals surface area (Å²) in [5.74, 6) is -0.194. The molecule has 0 radical (unpaired) electrons. The molecule has 2 aromatic heterocycles. The van der Waals surface area contributed by atoms with Gasteiger partial charge in [-0.15, -0.1) is 0 Å². The van der Waals surface area contributed by atoms with Crippen molar-refractivity contribution in [2.45, 2.75) is 30.3 Å². The highest BCUT2D eigenvalue weighted by Gasteiger charge is 2.20. The number of rotatable bonds is 8. The van der Waals surface area contributed by atoms with Gasteiger partial charge in [0.25, 0.3) is 5.56 Å². The fourth-order valence-corrected chi connectivity index (χ4v) is 4.59. The van der Waals surface area contributed by atoms with Gasteiger partial charge in [-0.1, -0.05) is 29.4 Å².